The molecule has 0 unspecified atom stereocenters. The highest BCUT2D eigenvalue weighted by molar-refractivity contribution is 7.99. The molecule has 2 rings (SSSR count). The van der Waals surface area contributed by atoms with Crippen LogP contribution in [0.25, 0.3) is 0 Å². The average molecular weight is 450 g/mol. The molecular weight excluding hydrogens is 422 g/mol. The van der Waals surface area contributed by atoms with Gasteiger partial charge in [0.25, 0.3) is 0 Å². The third-order valence-electron chi connectivity index (χ3n) is 4.51. The number of aryl methyl sites for hydroxylation is 2. The van der Waals surface area contributed by atoms with Gasteiger partial charge < -0.3 is 9.84 Å². The van der Waals surface area contributed by atoms with Crippen LogP contribution in [0.2, 0.25) is 5.02 Å². The predicted octanol–water partition coefficient (Wildman–Crippen LogP) is 6.18. The minimum atomic E-state index is -0.864. The Morgan fingerprint density at radius 2 is 1.93 bits per heavy atom. The van der Waals surface area contributed by atoms with E-state index < -0.39 is 5.97 Å². The zero-order chi connectivity index (χ0) is 21.8. The normalized spacial score (nSPS) is 10.7. The van der Waals surface area contributed by atoms with Gasteiger partial charge in [0.05, 0.1) is 24.6 Å². The van der Waals surface area contributed by atoms with E-state index in [0.717, 1.165) is 48.5 Å². The van der Waals surface area contributed by atoms with Crippen LogP contribution in [0.5, 0.6) is 5.75 Å². The van der Waals surface area contributed by atoms with E-state index in [-0.39, 0.29) is 6.42 Å². The number of ether oxygens (including phenoxy) is 1. The van der Waals surface area contributed by atoms with Crippen LogP contribution >= 0.6 is 23.4 Å². The standard InChI is InChI=1S/C23H28ClNO4S/c1-2-5-19-14-17(6-3-11-25-28)7-9-21(19)29-12-4-13-30-22-10-8-18(15-20(22)24)16-23(26)27/h7-10,14-15H,2-6,11-13,16H2,1H3,(H,26,27). The number of carbonyl (C=O) groups is 1. The van der Waals surface area contributed by atoms with Crippen molar-refractivity contribution in [2.75, 3.05) is 18.9 Å². The number of carboxylic acids is 1. The van der Waals surface area contributed by atoms with Crippen LogP contribution in [0.3, 0.4) is 0 Å². The molecule has 0 spiro atoms. The van der Waals surface area contributed by atoms with Crippen molar-refractivity contribution < 1.29 is 14.6 Å². The van der Waals surface area contributed by atoms with Gasteiger partial charge in [0.2, 0.25) is 0 Å². The molecule has 7 heteroatoms. The summed E-state index contributed by atoms with van der Waals surface area (Å²) in [6.07, 6.45) is 4.48. The van der Waals surface area contributed by atoms with Crippen LogP contribution in [-0.2, 0) is 24.1 Å². The molecule has 0 saturated carbocycles. The second-order valence-electron chi connectivity index (χ2n) is 7.03. The lowest BCUT2D eigenvalue weighted by Gasteiger charge is -2.13. The molecular formula is C23H28ClNO4S. The number of benzene rings is 2. The van der Waals surface area contributed by atoms with Gasteiger partial charge in [0.15, 0.2) is 0 Å². The number of thioether (sulfide) groups is 1. The first-order valence-corrected chi connectivity index (χ1v) is 11.6. The van der Waals surface area contributed by atoms with Gasteiger partial charge in [-0.1, -0.05) is 48.3 Å². The molecule has 0 saturated heterocycles. The Balaban J connectivity index is 1.82. The number of hydrogen-bond donors (Lipinski definition) is 1. The van der Waals surface area contributed by atoms with Gasteiger partial charge in [0, 0.05) is 10.6 Å². The second kappa shape index (κ2) is 13.3. The number of aliphatic carboxylic acids is 1. The highest BCUT2D eigenvalue weighted by atomic mass is 35.5. The Labute approximate surface area is 187 Å². The van der Waals surface area contributed by atoms with Crippen molar-refractivity contribution in [2.45, 2.75) is 50.3 Å². The van der Waals surface area contributed by atoms with Crippen molar-refractivity contribution in [1.82, 2.24) is 0 Å². The summed E-state index contributed by atoms with van der Waals surface area (Å²) in [4.78, 5) is 22.0. The summed E-state index contributed by atoms with van der Waals surface area (Å²) in [7, 11) is 0. The summed E-state index contributed by atoms with van der Waals surface area (Å²) < 4.78 is 6.02. The van der Waals surface area contributed by atoms with Gasteiger partial charge >= 0.3 is 5.97 Å². The van der Waals surface area contributed by atoms with Crippen LogP contribution in [-0.4, -0.2) is 30.0 Å². The first-order valence-electron chi connectivity index (χ1n) is 10.2. The highest BCUT2D eigenvalue weighted by Gasteiger charge is 2.08. The topological polar surface area (TPSA) is 76.0 Å². The smallest absolute Gasteiger partial charge is 0.307 e. The van der Waals surface area contributed by atoms with Gasteiger partial charge in [0.1, 0.15) is 5.75 Å². The van der Waals surface area contributed by atoms with Crippen molar-refractivity contribution in [2.24, 2.45) is 5.18 Å². The summed E-state index contributed by atoms with van der Waals surface area (Å²) in [6.45, 7) is 3.12. The Bertz CT molecular complexity index is 844. The molecule has 30 heavy (non-hydrogen) atoms. The van der Waals surface area contributed by atoms with Crippen molar-refractivity contribution in [1.29, 1.82) is 0 Å². The van der Waals surface area contributed by atoms with Crippen molar-refractivity contribution in [3.05, 3.63) is 63.0 Å². The van der Waals surface area contributed by atoms with Gasteiger partial charge in [-0.25, -0.2) is 0 Å². The molecule has 0 radical (unpaired) electrons. The van der Waals surface area contributed by atoms with E-state index in [1.165, 1.54) is 11.1 Å². The third-order valence-corrected chi connectivity index (χ3v) is 6.10. The molecule has 162 valence electrons. The lowest BCUT2D eigenvalue weighted by atomic mass is 10.0. The summed E-state index contributed by atoms with van der Waals surface area (Å²) in [6, 6.07) is 11.7. The Kier molecular flexibility index (Phi) is 10.7. The number of nitrogens with zero attached hydrogens (tertiary/aromatic N) is 1. The maximum atomic E-state index is 10.8. The fourth-order valence-corrected chi connectivity index (χ4v) is 4.32. The molecule has 0 aliphatic carbocycles. The zero-order valence-electron chi connectivity index (χ0n) is 17.2. The first-order chi connectivity index (χ1) is 14.5. The third kappa shape index (κ3) is 8.36. The molecule has 0 atom stereocenters. The summed E-state index contributed by atoms with van der Waals surface area (Å²) in [5, 5.41) is 12.4. The lowest BCUT2D eigenvalue weighted by Crippen LogP contribution is -2.03. The number of hydrogen-bond acceptors (Lipinski definition) is 5. The van der Waals surface area contributed by atoms with Gasteiger partial charge in [-0.15, -0.1) is 11.8 Å². The van der Waals surface area contributed by atoms with E-state index in [0.29, 0.717) is 23.7 Å². The molecule has 0 aromatic heterocycles. The maximum Gasteiger partial charge on any atom is 0.307 e. The second-order valence-corrected chi connectivity index (χ2v) is 8.58. The molecule has 1 N–H and O–H groups in total. The molecule has 0 amide bonds. The highest BCUT2D eigenvalue weighted by Crippen LogP contribution is 2.29. The van der Waals surface area contributed by atoms with Crippen LogP contribution < -0.4 is 4.74 Å². The molecule has 2 aromatic carbocycles. The van der Waals surface area contributed by atoms with Crippen LogP contribution in [0.15, 0.2) is 46.5 Å². The fourth-order valence-electron chi connectivity index (χ4n) is 3.11. The van der Waals surface area contributed by atoms with Gasteiger partial charge in [-0.3, -0.25) is 4.79 Å². The number of nitroso groups, excluding NO2 is 1. The van der Waals surface area contributed by atoms with Crippen LogP contribution in [0.1, 0.15) is 42.9 Å². The minimum Gasteiger partial charge on any atom is -0.493 e. The monoisotopic (exact) mass is 449 g/mol. The molecule has 0 fully saturated rings. The Morgan fingerprint density at radius 3 is 2.63 bits per heavy atom. The van der Waals surface area contributed by atoms with Crippen LogP contribution in [0.4, 0.5) is 0 Å². The van der Waals surface area contributed by atoms with E-state index in [1.54, 1.807) is 17.8 Å². The van der Waals surface area contributed by atoms with Crippen molar-refractivity contribution in [3.8, 4) is 5.75 Å². The van der Waals surface area contributed by atoms with E-state index in [9.17, 15) is 9.70 Å². The maximum absolute atomic E-state index is 10.8. The average Bonchev–Trinajstić information content (AvgIpc) is 2.70. The molecule has 5 nitrogen and oxygen atoms in total. The SMILES string of the molecule is CCCc1cc(CCCN=O)ccc1OCCCSc1ccc(CC(=O)O)cc1Cl. The van der Waals surface area contributed by atoms with Crippen molar-refractivity contribution >= 4 is 29.3 Å². The Hall–Kier alpha value is -2.05. The van der Waals surface area contributed by atoms with E-state index in [4.69, 9.17) is 21.4 Å². The summed E-state index contributed by atoms with van der Waals surface area (Å²) >= 11 is 7.91. The van der Waals surface area contributed by atoms with E-state index in [2.05, 4.69) is 24.2 Å². The van der Waals surface area contributed by atoms with E-state index >= 15 is 0 Å². The largest absolute Gasteiger partial charge is 0.493 e. The minimum absolute atomic E-state index is 0.0225. The molecule has 0 bridgehead atoms. The molecule has 0 aliphatic rings. The summed E-state index contributed by atoms with van der Waals surface area (Å²) in [5.41, 5.74) is 3.12. The Morgan fingerprint density at radius 1 is 1.13 bits per heavy atom. The number of carboxylic acid groups (broad SMARTS) is 1. The molecule has 0 heterocycles. The first kappa shape index (κ1) is 24.2. The van der Waals surface area contributed by atoms with Gasteiger partial charge in [-0.05, 0) is 60.6 Å². The number of halogens is 1. The van der Waals surface area contributed by atoms with E-state index in [1.807, 2.05) is 18.2 Å². The molecule has 0 aliphatic heterocycles. The summed E-state index contributed by atoms with van der Waals surface area (Å²) in [5.74, 6) is 0.921. The van der Waals surface area contributed by atoms with Crippen molar-refractivity contribution in [3.63, 3.8) is 0 Å². The van der Waals surface area contributed by atoms with Gasteiger partial charge in [-0.2, -0.15) is 4.91 Å². The quantitative estimate of drug-likeness (QED) is 0.212. The lowest BCUT2D eigenvalue weighted by molar-refractivity contribution is -0.136. The fraction of sp³-hybridized carbons (Fsp3) is 0.435. The predicted molar refractivity (Wildman–Crippen MR) is 123 cm³/mol. The number of rotatable bonds is 14. The molecule has 2 aromatic rings. The zero-order valence-corrected chi connectivity index (χ0v) is 18.8. The van der Waals surface area contributed by atoms with Crippen LogP contribution in [0, 0.1) is 4.91 Å².